The predicted molar refractivity (Wildman–Crippen MR) is 78.7 cm³/mol. The highest BCUT2D eigenvalue weighted by atomic mass is 32.2. The monoisotopic (exact) mass is 301 g/mol. The maximum Gasteiger partial charge on any atom is 0.148 e. The van der Waals surface area contributed by atoms with Gasteiger partial charge in [0.15, 0.2) is 0 Å². The molecule has 1 heterocycles. The zero-order valence-corrected chi connectivity index (χ0v) is 13.1. The molecule has 106 valence electrons. The van der Waals surface area contributed by atoms with E-state index in [4.69, 9.17) is 0 Å². The summed E-state index contributed by atoms with van der Waals surface area (Å²) in [5, 5.41) is 3.98. The number of hydrogen-bond donors (Lipinski definition) is 1. The Morgan fingerprint density at radius 2 is 2.05 bits per heavy atom. The minimum absolute atomic E-state index is 0.175. The molecular weight excluding hydrogens is 282 g/mol. The summed E-state index contributed by atoms with van der Waals surface area (Å²) in [6.45, 7) is 1.96. The van der Waals surface area contributed by atoms with Gasteiger partial charge in [-0.2, -0.15) is 0 Å². The second-order valence-electron chi connectivity index (χ2n) is 4.86. The van der Waals surface area contributed by atoms with Crippen LogP contribution in [0.25, 0.3) is 0 Å². The first kappa shape index (κ1) is 14.6. The van der Waals surface area contributed by atoms with Crippen LogP contribution in [0, 0.1) is 6.92 Å². The summed E-state index contributed by atoms with van der Waals surface area (Å²) >= 11 is 1.49. The molecular formula is C12H19N3O2S2. The van der Waals surface area contributed by atoms with E-state index in [0.29, 0.717) is 11.7 Å². The first-order valence-electron chi connectivity index (χ1n) is 6.27. The summed E-state index contributed by atoms with van der Waals surface area (Å²) in [7, 11) is -1.07. The fourth-order valence-corrected chi connectivity index (χ4v) is 3.92. The van der Waals surface area contributed by atoms with Gasteiger partial charge in [0, 0.05) is 30.5 Å². The Kier molecular flexibility index (Phi) is 4.35. The van der Waals surface area contributed by atoms with Gasteiger partial charge in [-0.3, -0.25) is 0 Å². The van der Waals surface area contributed by atoms with Crippen molar-refractivity contribution in [1.29, 1.82) is 0 Å². The van der Waals surface area contributed by atoms with Gasteiger partial charge in [-0.15, -0.1) is 11.8 Å². The fraction of sp³-hybridized carbons (Fsp3) is 0.667. The molecule has 2 rings (SSSR count). The molecule has 0 aromatic carbocycles. The third kappa shape index (κ3) is 4.07. The first-order chi connectivity index (χ1) is 8.90. The lowest BCUT2D eigenvalue weighted by molar-refractivity contribution is 0.603. The topological polar surface area (TPSA) is 72.0 Å². The van der Waals surface area contributed by atoms with Crippen LogP contribution in [0.2, 0.25) is 0 Å². The largest absolute Gasteiger partial charge is 0.373 e. The molecule has 0 saturated heterocycles. The number of hydrogen-bond acceptors (Lipinski definition) is 6. The van der Waals surface area contributed by atoms with E-state index in [-0.39, 0.29) is 5.75 Å². The number of sulfone groups is 1. The molecule has 1 saturated carbocycles. The molecule has 1 aromatic rings. The Bertz CT molecular complexity index is 569. The maximum atomic E-state index is 11.2. The van der Waals surface area contributed by atoms with E-state index < -0.39 is 9.84 Å². The zero-order chi connectivity index (χ0) is 14.0. The van der Waals surface area contributed by atoms with Gasteiger partial charge >= 0.3 is 0 Å². The summed E-state index contributed by atoms with van der Waals surface area (Å²) in [5.74, 6) is 2.93. The van der Waals surface area contributed by atoms with Crippen LogP contribution in [-0.2, 0) is 9.84 Å². The van der Waals surface area contributed by atoms with E-state index >= 15 is 0 Å². The van der Waals surface area contributed by atoms with Crippen molar-refractivity contribution >= 4 is 27.4 Å². The van der Waals surface area contributed by atoms with E-state index in [9.17, 15) is 8.42 Å². The van der Waals surface area contributed by atoms with Crippen molar-refractivity contribution < 1.29 is 8.42 Å². The molecule has 0 bridgehead atoms. The SMILES string of the molecule is CNc1nc(C2CC2)nc(SCCS(C)(=O)=O)c1C. The summed E-state index contributed by atoms with van der Waals surface area (Å²) in [4.78, 5) is 9.10. The van der Waals surface area contributed by atoms with Gasteiger partial charge in [0.1, 0.15) is 26.5 Å². The number of anilines is 1. The number of nitrogens with one attached hydrogen (secondary N) is 1. The smallest absolute Gasteiger partial charge is 0.148 e. The lowest BCUT2D eigenvalue weighted by atomic mass is 10.3. The Hall–Kier alpha value is -0.820. The Balaban J connectivity index is 2.15. The van der Waals surface area contributed by atoms with Crippen LogP contribution in [-0.4, -0.2) is 43.2 Å². The minimum Gasteiger partial charge on any atom is -0.373 e. The van der Waals surface area contributed by atoms with E-state index in [1.807, 2.05) is 14.0 Å². The van der Waals surface area contributed by atoms with Crippen LogP contribution in [0.5, 0.6) is 0 Å². The number of nitrogens with zero attached hydrogens (tertiary/aromatic N) is 2. The van der Waals surface area contributed by atoms with Crippen LogP contribution in [0.3, 0.4) is 0 Å². The molecule has 5 nitrogen and oxygen atoms in total. The maximum absolute atomic E-state index is 11.2. The van der Waals surface area contributed by atoms with E-state index in [1.165, 1.54) is 18.0 Å². The molecule has 19 heavy (non-hydrogen) atoms. The summed E-state index contributed by atoms with van der Waals surface area (Å²) < 4.78 is 22.3. The molecule has 1 fully saturated rings. The molecule has 0 radical (unpaired) electrons. The lowest BCUT2D eigenvalue weighted by Crippen LogP contribution is -2.07. The Labute approximate surface area is 118 Å². The molecule has 7 heteroatoms. The van der Waals surface area contributed by atoms with Crippen molar-refractivity contribution in [2.75, 3.05) is 30.1 Å². The van der Waals surface area contributed by atoms with Crippen LogP contribution in [0.1, 0.15) is 30.1 Å². The third-order valence-corrected chi connectivity index (χ3v) is 5.27. The van der Waals surface area contributed by atoms with Crippen LogP contribution < -0.4 is 5.32 Å². The van der Waals surface area contributed by atoms with Crippen molar-refractivity contribution in [3.8, 4) is 0 Å². The zero-order valence-electron chi connectivity index (χ0n) is 11.4. The molecule has 1 aliphatic carbocycles. The number of rotatable bonds is 6. The first-order valence-corrected chi connectivity index (χ1v) is 9.32. The van der Waals surface area contributed by atoms with Gasteiger partial charge in [-0.05, 0) is 19.8 Å². The summed E-state index contributed by atoms with van der Waals surface area (Å²) in [6, 6.07) is 0. The van der Waals surface area contributed by atoms with Crippen molar-refractivity contribution in [1.82, 2.24) is 9.97 Å². The normalized spacial score (nSPS) is 15.5. The van der Waals surface area contributed by atoms with Gasteiger partial charge in [0.05, 0.1) is 5.75 Å². The average molecular weight is 301 g/mol. The van der Waals surface area contributed by atoms with Gasteiger partial charge in [0.2, 0.25) is 0 Å². The third-order valence-electron chi connectivity index (χ3n) is 2.99. The second-order valence-corrected chi connectivity index (χ2v) is 8.21. The van der Waals surface area contributed by atoms with Crippen LogP contribution in [0.15, 0.2) is 5.03 Å². The molecule has 1 N–H and O–H groups in total. The highest BCUT2D eigenvalue weighted by molar-refractivity contribution is 8.00. The van der Waals surface area contributed by atoms with E-state index in [1.54, 1.807) is 0 Å². The minimum atomic E-state index is -2.92. The van der Waals surface area contributed by atoms with Crippen molar-refractivity contribution in [3.05, 3.63) is 11.4 Å². The molecule has 1 aromatic heterocycles. The molecule has 0 amide bonds. The van der Waals surface area contributed by atoms with E-state index in [0.717, 1.165) is 35.1 Å². The molecule has 1 aliphatic rings. The van der Waals surface area contributed by atoms with Crippen LogP contribution >= 0.6 is 11.8 Å². The number of thioether (sulfide) groups is 1. The predicted octanol–water partition coefficient (Wildman–Crippen LogP) is 1.84. The quantitative estimate of drug-likeness (QED) is 0.638. The Morgan fingerprint density at radius 3 is 2.58 bits per heavy atom. The summed E-state index contributed by atoms with van der Waals surface area (Å²) in [5.41, 5.74) is 0.991. The Morgan fingerprint density at radius 1 is 1.37 bits per heavy atom. The van der Waals surface area contributed by atoms with Gasteiger partial charge in [0.25, 0.3) is 0 Å². The number of aromatic nitrogens is 2. The lowest BCUT2D eigenvalue weighted by Gasteiger charge is -2.11. The van der Waals surface area contributed by atoms with Crippen molar-refractivity contribution in [2.24, 2.45) is 0 Å². The molecule has 0 aliphatic heterocycles. The van der Waals surface area contributed by atoms with Crippen molar-refractivity contribution in [3.63, 3.8) is 0 Å². The van der Waals surface area contributed by atoms with E-state index in [2.05, 4.69) is 15.3 Å². The summed E-state index contributed by atoms with van der Waals surface area (Å²) in [6.07, 6.45) is 3.56. The fourth-order valence-electron chi connectivity index (χ4n) is 1.71. The molecule has 0 unspecified atom stereocenters. The van der Waals surface area contributed by atoms with Gasteiger partial charge in [-0.25, -0.2) is 18.4 Å². The average Bonchev–Trinajstić information content (AvgIpc) is 3.13. The highest BCUT2D eigenvalue weighted by Crippen LogP contribution is 2.39. The van der Waals surface area contributed by atoms with Gasteiger partial charge in [-0.1, -0.05) is 0 Å². The highest BCUT2D eigenvalue weighted by Gasteiger charge is 2.28. The standard InChI is InChI=1S/C12H19N3O2S2/c1-8-10(13-2)14-11(9-4-5-9)15-12(8)18-6-7-19(3,16)17/h9H,4-7H2,1-3H3,(H,13,14,15). The van der Waals surface area contributed by atoms with Gasteiger partial charge < -0.3 is 5.32 Å². The molecule has 0 atom stereocenters. The van der Waals surface area contributed by atoms with Crippen LogP contribution in [0.4, 0.5) is 5.82 Å². The van der Waals surface area contributed by atoms with Crippen molar-refractivity contribution in [2.45, 2.75) is 30.7 Å². The molecule has 0 spiro atoms. The second kappa shape index (κ2) is 5.66.